The van der Waals surface area contributed by atoms with E-state index in [9.17, 15) is 108 Å². The molecule has 2 aliphatic heterocycles. The van der Waals surface area contributed by atoms with E-state index in [1.54, 1.807) is 18.7 Å². The predicted molar refractivity (Wildman–Crippen MR) is 335 cm³/mol. The molecule has 2 heterocycles. The Labute approximate surface area is 554 Å². The van der Waals surface area contributed by atoms with Crippen LogP contribution in [0.4, 0.5) is 0 Å². The Morgan fingerprint density at radius 3 is 1.90 bits per heavy atom. The van der Waals surface area contributed by atoms with E-state index in [-0.39, 0.29) is 80.8 Å². The summed E-state index contributed by atoms with van der Waals surface area (Å²) in [5.74, 6) is -15.0. The number of amides is 12. The van der Waals surface area contributed by atoms with Gasteiger partial charge in [0.1, 0.15) is 60.3 Å². The Morgan fingerprint density at radius 2 is 1.31 bits per heavy atom. The summed E-state index contributed by atoms with van der Waals surface area (Å²) in [5.41, 5.74) is 20.0. The van der Waals surface area contributed by atoms with E-state index < -0.39 is 206 Å². The number of aliphatic hydroxyl groups is 6. The average Bonchev–Trinajstić information content (AvgIpc) is 1.13. The number of aliphatic hydroxyl groups excluding tert-OH is 6. The fraction of sp³-hybridized carbons (Fsp3) is 0.632. The van der Waals surface area contributed by atoms with Gasteiger partial charge in [-0.2, -0.15) is 0 Å². The van der Waals surface area contributed by atoms with Crippen LogP contribution in [0.5, 0.6) is 5.75 Å². The predicted octanol–water partition coefficient (Wildman–Crippen LogP) is -11.1. The number of carbonyl (C=O) groups excluding carboxylic acids is 13. The number of β-amino-alcohol motifs (C(OH)–C–C–N with tert-alkyl or cyclic N) is 1. The third-order valence-corrected chi connectivity index (χ3v) is 16.3. The van der Waals surface area contributed by atoms with Gasteiger partial charge >= 0.3 is 5.97 Å². The number of aldehydes is 1. The molecule has 0 aliphatic carbocycles. The number of imide groups is 2. The molecule has 0 bridgehead atoms. The van der Waals surface area contributed by atoms with Gasteiger partial charge in [-0.15, -0.1) is 11.8 Å². The number of phenols is 1. The second-order valence-corrected chi connectivity index (χ2v) is 24.5. The van der Waals surface area contributed by atoms with Crippen molar-refractivity contribution in [3.05, 3.63) is 29.8 Å². The second-order valence-electron chi connectivity index (χ2n) is 23.3. The fourth-order valence-electron chi connectivity index (χ4n) is 9.86. The summed E-state index contributed by atoms with van der Waals surface area (Å²) in [5, 5.41) is 100. The van der Waals surface area contributed by atoms with Crippen LogP contribution in [0, 0.1) is 5.92 Å². The molecular weight excluding hydrogens is 1290 g/mol. The lowest BCUT2D eigenvalue weighted by atomic mass is 9.94. The number of phenolic OH excluding ortho intramolecular Hbond substituents is 1. The Hall–Kier alpha value is -8.54. The largest absolute Gasteiger partial charge is 0.508 e. The molecule has 26 N–H and O–H groups in total. The first-order chi connectivity index (χ1) is 45.2. The van der Waals surface area contributed by atoms with Gasteiger partial charge in [-0.1, -0.05) is 26.0 Å². The van der Waals surface area contributed by atoms with Crippen LogP contribution in [0.2, 0.25) is 0 Å². The van der Waals surface area contributed by atoms with Gasteiger partial charge in [0.15, 0.2) is 12.2 Å². The third-order valence-electron chi connectivity index (χ3n) is 15.0. The van der Waals surface area contributed by atoms with E-state index in [1.807, 2.05) is 5.32 Å². The minimum Gasteiger partial charge on any atom is -0.508 e. The number of rotatable bonds is 42. The van der Waals surface area contributed by atoms with Crippen molar-refractivity contribution in [2.45, 2.75) is 169 Å². The van der Waals surface area contributed by atoms with Crippen LogP contribution in [0.15, 0.2) is 29.3 Å². The van der Waals surface area contributed by atoms with Crippen LogP contribution in [-0.2, 0) is 73.5 Å². The highest BCUT2D eigenvalue weighted by atomic mass is 32.2. The Balaban J connectivity index is 1.76. The summed E-state index contributed by atoms with van der Waals surface area (Å²) in [6.45, 7) is 2.49. The quantitative estimate of drug-likeness (QED) is 0.00722. The molecule has 96 heavy (non-hydrogen) atoms. The molecule has 0 radical (unpaired) electrons. The number of nitrogens with one attached hydrogen (secondary N) is 9. The number of hydrogen-bond acceptors (Lipinski definition) is 25. The van der Waals surface area contributed by atoms with E-state index in [1.165, 1.54) is 31.2 Å². The first-order valence-electron chi connectivity index (χ1n) is 30.7. The number of hydrogen-bond donors (Lipinski definition) is 21. The minimum absolute atomic E-state index is 0.00913. The molecule has 0 spiro atoms. The number of thioether (sulfide) groups is 1. The number of carboxylic acids is 1. The van der Waals surface area contributed by atoms with Crippen molar-refractivity contribution in [1.29, 1.82) is 0 Å². The van der Waals surface area contributed by atoms with Crippen LogP contribution in [-0.4, -0.2) is 276 Å². The highest BCUT2D eigenvalue weighted by Gasteiger charge is 2.42. The van der Waals surface area contributed by atoms with Crippen molar-refractivity contribution in [1.82, 2.24) is 57.7 Å². The lowest BCUT2D eigenvalue weighted by molar-refractivity contribution is -0.405. The highest BCUT2D eigenvalue weighted by Crippen LogP contribution is 2.27. The van der Waals surface area contributed by atoms with Gasteiger partial charge in [0.05, 0.1) is 49.6 Å². The molecule has 38 nitrogen and oxygen atoms in total. The van der Waals surface area contributed by atoms with Gasteiger partial charge in [-0.3, -0.25) is 97.9 Å². The van der Waals surface area contributed by atoms with E-state index in [0.29, 0.717) is 19.1 Å². The number of unbranched alkanes of at least 4 members (excludes halogenated alkanes) is 1. The molecule has 2 aliphatic rings. The SMILES string of the molecule is CC(C)CC(NC(=O)CNC(=O)C(O)CSC1CC(=O)N(CCCCN2C[C@@H](O)[C@@H](O)[C@H](O)[C@H]2CO)C1=O)C(=O)NC(CCCN=C(N)N)C(=O)NC(CCC(N)=O)C(=O)NC(Cc1ccc(O)cc1)C(=O)NC(=O)C(CC(=O)O)NC(=O)C(CO)NC(C)C(=O)NC([NH3+])C=O. The van der Waals surface area contributed by atoms with E-state index in [0.717, 1.165) is 16.7 Å². The maximum atomic E-state index is 14.3. The third kappa shape index (κ3) is 27.7. The number of benzene rings is 1. The summed E-state index contributed by atoms with van der Waals surface area (Å²) in [6, 6.07) is -7.38. The normalized spacial score (nSPS) is 19.9. The maximum Gasteiger partial charge on any atom is 0.305 e. The summed E-state index contributed by atoms with van der Waals surface area (Å²) >= 11 is 0.828. The highest BCUT2D eigenvalue weighted by molar-refractivity contribution is 8.00. The van der Waals surface area contributed by atoms with E-state index >= 15 is 0 Å². The van der Waals surface area contributed by atoms with Gasteiger partial charge in [0.2, 0.25) is 77.1 Å². The summed E-state index contributed by atoms with van der Waals surface area (Å²) < 4.78 is 0. The van der Waals surface area contributed by atoms with Crippen molar-refractivity contribution >= 4 is 101 Å². The monoisotopic (exact) mass is 1380 g/mol. The van der Waals surface area contributed by atoms with Crippen LogP contribution in [0.25, 0.3) is 0 Å². The molecule has 39 heteroatoms. The van der Waals surface area contributed by atoms with Crippen molar-refractivity contribution in [3.63, 3.8) is 0 Å². The van der Waals surface area contributed by atoms with Crippen LogP contribution < -0.4 is 70.8 Å². The Bertz CT molecular complexity index is 2910. The number of piperidine rings is 1. The molecule has 1 aromatic rings. The van der Waals surface area contributed by atoms with Crippen LogP contribution >= 0.6 is 11.8 Å². The number of aromatic hydroxyl groups is 1. The number of likely N-dealkylation sites (tertiary alicyclic amines) is 2. The summed E-state index contributed by atoms with van der Waals surface area (Å²) in [4.78, 5) is 190. The number of quaternary nitrogens is 1. The molecule has 2 saturated heterocycles. The first-order valence-corrected chi connectivity index (χ1v) is 31.7. The topological polar surface area (TPSA) is 634 Å². The number of carboxylic acid groups (broad SMARTS) is 1. The Kier molecular flexibility index (Phi) is 34.7. The maximum absolute atomic E-state index is 14.3. The van der Waals surface area contributed by atoms with Crippen molar-refractivity contribution in [3.8, 4) is 5.75 Å². The molecule has 2 fully saturated rings. The smallest absolute Gasteiger partial charge is 0.305 e. The van der Waals surface area contributed by atoms with E-state index in [4.69, 9.17) is 17.2 Å². The molecule has 14 atom stereocenters. The molecule has 0 saturated carbocycles. The van der Waals surface area contributed by atoms with Crippen molar-refractivity contribution < 1.29 is 114 Å². The molecule has 0 aromatic heterocycles. The summed E-state index contributed by atoms with van der Waals surface area (Å²) in [6.07, 6.45) is -9.39. The molecule has 536 valence electrons. The number of primary amides is 1. The summed E-state index contributed by atoms with van der Waals surface area (Å²) in [7, 11) is 0. The average molecular weight is 1380 g/mol. The van der Waals surface area contributed by atoms with E-state index in [2.05, 4.69) is 53.3 Å². The lowest BCUT2D eigenvalue weighted by Gasteiger charge is -2.43. The van der Waals surface area contributed by atoms with Gasteiger partial charge < -0.3 is 95.7 Å². The number of guanidine groups is 1. The van der Waals surface area contributed by atoms with Crippen LogP contribution in [0.1, 0.15) is 84.1 Å². The van der Waals surface area contributed by atoms with Gasteiger partial charge in [-0.05, 0) is 75.6 Å². The number of carbonyl (C=O) groups is 14. The fourth-order valence-corrected chi connectivity index (χ4v) is 11.0. The number of aliphatic carboxylic acids is 1. The zero-order valence-corrected chi connectivity index (χ0v) is 54.1. The molecule has 10 unspecified atom stereocenters. The molecular formula is C57H91N16O22S+. The van der Waals surface area contributed by atoms with Gasteiger partial charge in [0.25, 0.3) is 0 Å². The van der Waals surface area contributed by atoms with Crippen molar-refractivity contribution in [2.75, 3.05) is 51.7 Å². The van der Waals surface area contributed by atoms with Crippen molar-refractivity contribution in [2.24, 2.45) is 28.1 Å². The number of aliphatic imine (C=N–C) groups is 1. The second kappa shape index (κ2) is 40.8. The van der Waals surface area contributed by atoms with Gasteiger partial charge in [0, 0.05) is 44.6 Å². The lowest BCUT2D eigenvalue weighted by Crippen LogP contribution is -2.71. The zero-order valence-electron chi connectivity index (χ0n) is 53.3. The number of nitrogens with zero attached hydrogens (tertiary/aromatic N) is 3. The standard InChI is InChI=1S/C57H90N16O22S/c1-27(2)17-33(65-43(81)21-63-55(94)39(79)26-96-40-20-44(82)73(56(40)95)16-5-4-15-72-22-38(78)47(86)46(85)37(72)24-75)51(90)66-31(7-6-14-62-57(60)61)49(88)67-32(12-13-42(59)80)50(89)68-34(18-29-8-10-30(77)11-9-29)52(91)71-53(92)35(19-45(83)84)69-54(93)36(23-74)64-28(3)48(87)70-41(58)25-76/h8-11,25,27-28,31-41,46-47,64,74-75,77-79,85-86H,4-7,12-24,26,58H2,1-3H3,(H2,59,80)(H,63,94)(H,65,81)(H,66,90)(H,67,88)(H,68,89)(H,69,93)(H,70,87)(H,83,84)(H4,60,61,62)(H,71,91,92)/p+1/t28?,31?,32?,33?,34?,35?,36?,37-,38-,39?,40?,41?,46-,47-/m1/s1. The molecule has 3 rings (SSSR count). The van der Waals surface area contributed by atoms with Crippen LogP contribution in [0.3, 0.4) is 0 Å². The Morgan fingerprint density at radius 1 is 0.729 bits per heavy atom. The van der Waals surface area contributed by atoms with Gasteiger partial charge in [-0.25, -0.2) is 0 Å². The first kappa shape index (κ1) is 81.7. The number of nitrogens with two attached hydrogens (primary N) is 3. The zero-order chi connectivity index (χ0) is 72.1. The molecule has 12 amide bonds. The minimum atomic E-state index is -2.06. The molecule has 1 aromatic carbocycles.